The van der Waals surface area contributed by atoms with Crippen molar-refractivity contribution in [3.63, 3.8) is 0 Å². The molecular weight excluding hydrogens is 422 g/mol. The molecule has 0 spiro atoms. The Morgan fingerprint density at radius 1 is 1.12 bits per heavy atom. The zero-order chi connectivity index (χ0) is 22.3. The minimum absolute atomic E-state index is 0.0917. The first-order valence-electron chi connectivity index (χ1n) is 11.2. The molecule has 7 nitrogen and oxygen atoms in total. The Hall–Kier alpha value is -2.87. The summed E-state index contributed by atoms with van der Waals surface area (Å²) < 4.78 is 1.96. The molecule has 1 aliphatic rings. The number of carbonyl (C=O) groups excluding carboxylic acids is 2. The molecule has 1 aromatic carbocycles. The van der Waals surface area contributed by atoms with Gasteiger partial charge in [-0.1, -0.05) is 54.9 Å². The van der Waals surface area contributed by atoms with Crippen LogP contribution >= 0.6 is 11.8 Å². The number of nitrogens with one attached hydrogen (secondary N) is 2. The average Bonchev–Trinajstić information content (AvgIpc) is 3.39. The molecular formula is C24H29N5O2S. The molecule has 1 aliphatic carbocycles. The fourth-order valence-electron chi connectivity index (χ4n) is 4.04. The summed E-state index contributed by atoms with van der Waals surface area (Å²) in [6.07, 6.45) is 7.69. The second kappa shape index (κ2) is 10.6. The van der Waals surface area contributed by atoms with Crippen molar-refractivity contribution in [3.05, 3.63) is 59.0 Å². The Balaban J connectivity index is 1.31. The summed E-state index contributed by atoms with van der Waals surface area (Å²) in [5.74, 6) is 0.789. The monoisotopic (exact) mass is 451 g/mol. The van der Waals surface area contributed by atoms with Crippen molar-refractivity contribution >= 4 is 22.8 Å². The number of aromatic amines is 1. The average molecular weight is 452 g/mol. The summed E-state index contributed by atoms with van der Waals surface area (Å²) in [4.78, 5) is 23.6. The zero-order valence-electron chi connectivity index (χ0n) is 18.4. The Kier molecular flexibility index (Phi) is 7.42. The highest BCUT2D eigenvalue weighted by molar-refractivity contribution is 8.13. The molecule has 0 atom stereocenters. The highest BCUT2D eigenvalue weighted by Crippen LogP contribution is 2.33. The topological polar surface area (TPSA) is 92.7 Å². The lowest BCUT2D eigenvalue weighted by molar-refractivity contribution is -0.109. The Morgan fingerprint density at radius 3 is 2.75 bits per heavy atom. The number of unbranched alkanes of at least 4 members (excludes halogenated alkanes) is 3. The van der Waals surface area contributed by atoms with Gasteiger partial charge in [-0.2, -0.15) is 10.2 Å². The molecule has 8 heteroatoms. The molecule has 2 aromatic heterocycles. The van der Waals surface area contributed by atoms with Crippen molar-refractivity contribution in [1.82, 2.24) is 25.3 Å². The van der Waals surface area contributed by atoms with E-state index >= 15 is 0 Å². The third-order valence-corrected chi connectivity index (χ3v) is 6.55. The molecule has 0 bridgehead atoms. The van der Waals surface area contributed by atoms with Gasteiger partial charge < -0.3 is 5.32 Å². The third kappa shape index (κ3) is 5.48. The number of aromatic nitrogens is 4. The number of fused-ring (bicyclic) bond motifs is 3. The summed E-state index contributed by atoms with van der Waals surface area (Å²) in [5.41, 5.74) is 5.65. The van der Waals surface area contributed by atoms with E-state index in [2.05, 4.69) is 27.6 Å². The van der Waals surface area contributed by atoms with Gasteiger partial charge in [0.05, 0.1) is 17.9 Å². The van der Waals surface area contributed by atoms with E-state index in [9.17, 15) is 9.59 Å². The molecule has 0 saturated heterocycles. The number of amides is 1. The van der Waals surface area contributed by atoms with E-state index < -0.39 is 0 Å². The van der Waals surface area contributed by atoms with Gasteiger partial charge in [-0.3, -0.25) is 19.4 Å². The van der Waals surface area contributed by atoms with Gasteiger partial charge in [0.15, 0.2) is 5.12 Å². The quantitative estimate of drug-likeness (QED) is 0.455. The van der Waals surface area contributed by atoms with Crippen molar-refractivity contribution in [2.45, 2.75) is 52.0 Å². The molecule has 32 heavy (non-hydrogen) atoms. The lowest BCUT2D eigenvalue weighted by Crippen LogP contribution is -2.26. The van der Waals surface area contributed by atoms with E-state index in [0.717, 1.165) is 66.8 Å². The largest absolute Gasteiger partial charge is 0.351 e. The number of thioether (sulfide) groups is 1. The molecule has 0 aliphatic heterocycles. The number of hydrogen-bond donors (Lipinski definition) is 2. The first-order chi connectivity index (χ1) is 15.6. The molecule has 168 valence electrons. The van der Waals surface area contributed by atoms with E-state index in [1.165, 1.54) is 17.3 Å². The zero-order valence-corrected chi connectivity index (χ0v) is 19.2. The molecule has 0 fully saturated rings. The van der Waals surface area contributed by atoms with Gasteiger partial charge in [0.2, 0.25) is 0 Å². The fraction of sp³-hybridized carbons (Fsp3) is 0.417. The van der Waals surface area contributed by atoms with Crippen LogP contribution in [0.25, 0.3) is 11.3 Å². The number of carbonyl (C=O) groups is 2. The number of aryl methyl sites for hydroxylation is 1. The summed E-state index contributed by atoms with van der Waals surface area (Å²) >= 11 is 1.38. The molecule has 4 rings (SSSR count). The van der Waals surface area contributed by atoms with Crippen LogP contribution in [-0.4, -0.2) is 43.3 Å². The molecule has 1 amide bonds. The van der Waals surface area contributed by atoms with Crippen LogP contribution in [0.3, 0.4) is 0 Å². The van der Waals surface area contributed by atoms with Crippen LogP contribution in [-0.2, 0) is 24.2 Å². The molecule has 0 radical (unpaired) electrons. The van der Waals surface area contributed by atoms with Gasteiger partial charge in [0, 0.05) is 36.5 Å². The van der Waals surface area contributed by atoms with Gasteiger partial charge >= 0.3 is 0 Å². The first-order valence-corrected chi connectivity index (χ1v) is 12.2. The fourth-order valence-corrected chi connectivity index (χ4v) is 4.68. The third-order valence-electron chi connectivity index (χ3n) is 5.65. The van der Waals surface area contributed by atoms with Gasteiger partial charge in [-0.15, -0.1) is 0 Å². The summed E-state index contributed by atoms with van der Waals surface area (Å²) in [7, 11) is 0. The smallest absolute Gasteiger partial charge is 0.269 e. The number of nitrogens with zero attached hydrogens (tertiary/aromatic N) is 3. The van der Waals surface area contributed by atoms with E-state index in [-0.39, 0.29) is 11.0 Å². The van der Waals surface area contributed by atoms with E-state index in [1.54, 1.807) is 6.92 Å². The normalized spacial score (nSPS) is 12.3. The van der Waals surface area contributed by atoms with E-state index in [1.807, 2.05) is 29.1 Å². The lowest BCUT2D eigenvalue weighted by Gasteiger charge is -2.11. The number of hydrogen-bond acceptors (Lipinski definition) is 5. The highest BCUT2D eigenvalue weighted by atomic mass is 32.2. The van der Waals surface area contributed by atoms with Gasteiger partial charge in [0.25, 0.3) is 5.91 Å². The summed E-state index contributed by atoms with van der Waals surface area (Å²) in [6.45, 7) is 2.97. The Bertz CT molecular complexity index is 1070. The van der Waals surface area contributed by atoms with Crippen LogP contribution in [0.5, 0.6) is 0 Å². The minimum Gasteiger partial charge on any atom is -0.351 e. The van der Waals surface area contributed by atoms with E-state index in [0.29, 0.717) is 18.8 Å². The van der Waals surface area contributed by atoms with Crippen LogP contribution in [0.4, 0.5) is 0 Å². The standard InChI is InChI=1S/C24H29N5O2S/c1-17(30)32-14-8-3-2-7-13-25-24(31)23-19-11-12-21-20(22(19)26-27-23)16-29(28-21)15-18-9-5-4-6-10-18/h4-6,9-10,16H,2-3,7-8,11-15H2,1H3,(H,25,31)(H,26,27). The maximum absolute atomic E-state index is 12.7. The number of rotatable bonds is 10. The van der Waals surface area contributed by atoms with Crippen molar-refractivity contribution in [1.29, 1.82) is 0 Å². The molecule has 0 unspecified atom stereocenters. The number of benzene rings is 1. The molecule has 0 saturated carbocycles. The maximum atomic E-state index is 12.7. The molecule has 2 N–H and O–H groups in total. The highest BCUT2D eigenvalue weighted by Gasteiger charge is 2.27. The predicted molar refractivity (Wildman–Crippen MR) is 127 cm³/mol. The van der Waals surface area contributed by atoms with Crippen molar-refractivity contribution in [3.8, 4) is 11.3 Å². The maximum Gasteiger partial charge on any atom is 0.269 e. The van der Waals surface area contributed by atoms with Gasteiger partial charge in [0.1, 0.15) is 5.69 Å². The van der Waals surface area contributed by atoms with Gasteiger partial charge in [-0.05, 0) is 31.2 Å². The van der Waals surface area contributed by atoms with Crippen molar-refractivity contribution in [2.24, 2.45) is 0 Å². The Morgan fingerprint density at radius 2 is 1.94 bits per heavy atom. The van der Waals surface area contributed by atoms with Crippen LogP contribution < -0.4 is 5.32 Å². The SMILES string of the molecule is CC(=O)SCCCCCCNC(=O)c1[nH]nc2c1CCc1nn(Cc3ccccc3)cc1-2. The Labute approximate surface area is 192 Å². The van der Waals surface area contributed by atoms with Crippen molar-refractivity contribution in [2.75, 3.05) is 12.3 Å². The van der Waals surface area contributed by atoms with Crippen LogP contribution in [0.1, 0.15) is 59.9 Å². The minimum atomic E-state index is -0.0917. The van der Waals surface area contributed by atoms with Gasteiger partial charge in [-0.25, -0.2) is 0 Å². The van der Waals surface area contributed by atoms with E-state index in [4.69, 9.17) is 5.10 Å². The second-order valence-electron chi connectivity index (χ2n) is 8.11. The first kappa shape index (κ1) is 22.3. The van der Waals surface area contributed by atoms with Crippen molar-refractivity contribution < 1.29 is 9.59 Å². The van der Waals surface area contributed by atoms with Crippen LogP contribution in [0, 0.1) is 0 Å². The predicted octanol–water partition coefficient (Wildman–Crippen LogP) is 3.99. The summed E-state index contributed by atoms with van der Waals surface area (Å²) in [6, 6.07) is 10.3. The lowest BCUT2D eigenvalue weighted by atomic mass is 9.94. The number of H-pyrrole nitrogens is 1. The molecule has 3 aromatic rings. The second-order valence-corrected chi connectivity index (χ2v) is 9.38. The van der Waals surface area contributed by atoms with Crippen LogP contribution in [0.15, 0.2) is 36.5 Å². The summed E-state index contributed by atoms with van der Waals surface area (Å²) in [5, 5.41) is 15.4. The van der Waals surface area contributed by atoms with Crippen LogP contribution in [0.2, 0.25) is 0 Å². The molecule has 2 heterocycles.